The molecular formula is C11H12O2. The van der Waals surface area contributed by atoms with Crippen molar-refractivity contribution >= 4 is 12.6 Å². The third kappa shape index (κ3) is 1.26. The molecule has 0 radical (unpaired) electrons. The number of aldehydes is 2. The first-order chi connectivity index (χ1) is 6.36. The summed E-state index contributed by atoms with van der Waals surface area (Å²) in [6.45, 7) is 0. The molecule has 0 aromatic carbocycles. The fourth-order valence-corrected chi connectivity index (χ4v) is 2.42. The Labute approximate surface area is 77.3 Å². The molecule has 1 saturated carbocycles. The molecule has 2 aliphatic rings. The van der Waals surface area contributed by atoms with Crippen molar-refractivity contribution in [3.8, 4) is 0 Å². The van der Waals surface area contributed by atoms with Crippen LogP contribution in [0.4, 0.5) is 0 Å². The summed E-state index contributed by atoms with van der Waals surface area (Å²) in [6.07, 6.45) is 9.51. The Hall–Kier alpha value is -1.18. The Bertz CT molecular complexity index is 288. The second-order valence-electron chi connectivity index (χ2n) is 3.70. The molecule has 2 aliphatic carbocycles. The van der Waals surface area contributed by atoms with Gasteiger partial charge in [-0.2, -0.15) is 0 Å². The molecule has 0 aromatic rings. The maximum Gasteiger partial charge on any atom is 0.123 e. The van der Waals surface area contributed by atoms with Crippen LogP contribution in [0.25, 0.3) is 0 Å². The SMILES string of the molecule is O=CC[C@H]1C2=CC=C[C@@H]2C[C@@H]1C=O. The van der Waals surface area contributed by atoms with E-state index in [0.29, 0.717) is 12.3 Å². The van der Waals surface area contributed by atoms with E-state index < -0.39 is 0 Å². The Balaban J connectivity index is 2.20. The zero-order chi connectivity index (χ0) is 9.26. The van der Waals surface area contributed by atoms with E-state index in [1.54, 1.807) is 0 Å². The lowest BCUT2D eigenvalue weighted by molar-refractivity contribution is -0.112. The highest BCUT2D eigenvalue weighted by Crippen LogP contribution is 2.44. The molecule has 0 bridgehead atoms. The second-order valence-corrected chi connectivity index (χ2v) is 3.70. The summed E-state index contributed by atoms with van der Waals surface area (Å²) < 4.78 is 0. The molecule has 0 amide bonds. The van der Waals surface area contributed by atoms with Crippen molar-refractivity contribution in [1.29, 1.82) is 0 Å². The van der Waals surface area contributed by atoms with Crippen molar-refractivity contribution in [3.63, 3.8) is 0 Å². The fraction of sp³-hybridized carbons (Fsp3) is 0.455. The molecule has 0 unspecified atom stereocenters. The Morgan fingerprint density at radius 1 is 1.46 bits per heavy atom. The van der Waals surface area contributed by atoms with Crippen molar-refractivity contribution < 1.29 is 9.59 Å². The van der Waals surface area contributed by atoms with E-state index in [9.17, 15) is 9.59 Å². The van der Waals surface area contributed by atoms with E-state index in [2.05, 4.69) is 12.2 Å². The van der Waals surface area contributed by atoms with Crippen LogP contribution in [0.15, 0.2) is 23.8 Å². The first kappa shape index (κ1) is 8.42. The van der Waals surface area contributed by atoms with Gasteiger partial charge < -0.3 is 9.59 Å². The highest BCUT2D eigenvalue weighted by atomic mass is 16.1. The van der Waals surface area contributed by atoms with Crippen LogP contribution < -0.4 is 0 Å². The monoisotopic (exact) mass is 176 g/mol. The van der Waals surface area contributed by atoms with Crippen molar-refractivity contribution in [1.82, 2.24) is 0 Å². The largest absolute Gasteiger partial charge is 0.303 e. The molecule has 2 nitrogen and oxygen atoms in total. The van der Waals surface area contributed by atoms with Crippen LogP contribution in [0.5, 0.6) is 0 Å². The number of allylic oxidation sites excluding steroid dienone is 4. The van der Waals surface area contributed by atoms with E-state index in [-0.39, 0.29) is 11.8 Å². The molecule has 0 spiro atoms. The first-order valence-corrected chi connectivity index (χ1v) is 4.64. The van der Waals surface area contributed by atoms with Crippen LogP contribution in [-0.2, 0) is 9.59 Å². The lowest BCUT2D eigenvalue weighted by atomic mass is 9.91. The van der Waals surface area contributed by atoms with Gasteiger partial charge in [0.1, 0.15) is 12.6 Å². The highest BCUT2D eigenvalue weighted by Gasteiger charge is 2.37. The van der Waals surface area contributed by atoms with Gasteiger partial charge in [0.25, 0.3) is 0 Å². The molecular weight excluding hydrogens is 164 g/mol. The van der Waals surface area contributed by atoms with Gasteiger partial charge in [-0.1, -0.05) is 23.8 Å². The number of carbonyl (C=O) groups excluding carboxylic acids is 2. The lowest BCUT2D eigenvalue weighted by Crippen LogP contribution is -2.10. The summed E-state index contributed by atoms with van der Waals surface area (Å²) >= 11 is 0. The van der Waals surface area contributed by atoms with E-state index in [1.165, 1.54) is 5.57 Å². The lowest BCUT2D eigenvalue weighted by Gasteiger charge is -2.11. The number of hydrogen-bond donors (Lipinski definition) is 0. The van der Waals surface area contributed by atoms with Gasteiger partial charge in [0.2, 0.25) is 0 Å². The van der Waals surface area contributed by atoms with Crippen molar-refractivity contribution in [2.75, 3.05) is 0 Å². The van der Waals surface area contributed by atoms with Crippen LogP contribution in [-0.4, -0.2) is 12.6 Å². The number of carbonyl (C=O) groups is 2. The Kier molecular flexibility index (Phi) is 2.13. The quantitative estimate of drug-likeness (QED) is 0.611. The number of hydrogen-bond acceptors (Lipinski definition) is 2. The number of rotatable bonds is 3. The van der Waals surface area contributed by atoms with E-state index in [4.69, 9.17) is 0 Å². The van der Waals surface area contributed by atoms with Gasteiger partial charge in [-0.25, -0.2) is 0 Å². The standard InChI is InChI=1S/C11H12O2/c12-5-4-11-9(7-13)6-8-2-1-3-10(8)11/h1-3,5,7-9,11H,4,6H2/t8-,9-,11-/m1/s1. The van der Waals surface area contributed by atoms with Gasteiger partial charge in [-0.3, -0.25) is 0 Å². The fourth-order valence-electron chi connectivity index (χ4n) is 2.42. The normalized spacial score (nSPS) is 35.7. The van der Waals surface area contributed by atoms with Gasteiger partial charge in [0.15, 0.2) is 0 Å². The van der Waals surface area contributed by atoms with Gasteiger partial charge in [0.05, 0.1) is 0 Å². The van der Waals surface area contributed by atoms with Gasteiger partial charge >= 0.3 is 0 Å². The smallest absolute Gasteiger partial charge is 0.123 e. The molecule has 2 heteroatoms. The van der Waals surface area contributed by atoms with E-state index >= 15 is 0 Å². The summed E-state index contributed by atoms with van der Waals surface area (Å²) in [5.41, 5.74) is 1.28. The minimum absolute atomic E-state index is 0.0615. The predicted octanol–water partition coefficient (Wildman–Crippen LogP) is 1.52. The predicted molar refractivity (Wildman–Crippen MR) is 49.1 cm³/mol. The van der Waals surface area contributed by atoms with Crippen LogP contribution in [0.3, 0.4) is 0 Å². The third-order valence-corrected chi connectivity index (χ3v) is 3.06. The molecule has 1 fully saturated rings. The molecule has 0 aliphatic heterocycles. The van der Waals surface area contributed by atoms with Crippen molar-refractivity contribution in [2.45, 2.75) is 12.8 Å². The minimum atomic E-state index is 0.0615. The molecule has 0 saturated heterocycles. The average Bonchev–Trinajstić information content (AvgIpc) is 2.67. The zero-order valence-corrected chi connectivity index (χ0v) is 7.35. The molecule has 3 atom stereocenters. The summed E-state index contributed by atoms with van der Waals surface area (Å²) in [5.74, 6) is 0.668. The van der Waals surface area contributed by atoms with Crippen LogP contribution in [0.2, 0.25) is 0 Å². The first-order valence-electron chi connectivity index (χ1n) is 4.64. The highest BCUT2D eigenvalue weighted by molar-refractivity contribution is 5.61. The maximum absolute atomic E-state index is 10.8. The molecule has 0 heterocycles. The summed E-state index contributed by atoms with van der Waals surface area (Å²) in [7, 11) is 0. The van der Waals surface area contributed by atoms with Gasteiger partial charge in [-0.15, -0.1) is 0 Å². The van der Waals surface area contributed by atoms with E-state index in [0.717, 1.165) is 19.0 Å². The van der Waals surface area contributed by atoms with Crippen molar-refractivity contribution in [2.24, 2.45) is 17.8 Å². The molecule has 13 heavy (non-hydrogen) atoms. The average molecular weight is 176 g/mol. The summed E-state index contributed by atoms with van der Waals surface area (Å²) in [5, 5.41) is 0. The Morgan fingerprint density at radius 3 is 3.00 bits per heavy atom. The summed E-state index contributed by atoms with van der Waals surface area (Å²) in [6, 6.07) is 0. The van der Waals surface area contributed by atoms with Gasteiger partial charge in [-0.05, 0) is 18.3 Å². The second kappa shape index (κ2) is 3.29. The summed E-state index contributed by atoms with van der Waals surface area (Å²) in [4.78, 5) is 21.2. The van der Waals surface area contributed by atoms with Crippen LogP contribution in [0.1, 0.15) is 12.8 Å². The molecule has 2 rings (SSSR count). The van der Waals surface area contributed by atoms with Crippen molar-refractivity contribution in [3.05, 3.63) is 23.8 Å². The molecule has 0 aromatic heterocycles. The Morgan fingerprint density at radius 2 is 2.31 bits per heavy atom. The van der Waals surface area contributed by atoms with Crippen LogP contribution >= 0.6 is 0 Å². The molecule has 0 N–H and O–H groups in total. The van der Waals surface area contributed by atoms with Crippen LogP contribution in [0, 0.1) is 17.8 Å². The maximum atomic E-state index is 10.8. The third-order valence-electron chi connectivity index (χ3n) is 3.06. The zero-order valence-electron chi connectivity index (χ0n) is 7.35. The minimum Gasteiger partial charge on any atom is -0.303 e. The van der Waals surface area contributed by atoms with E-state index in [1.807, 2.05) is 6.08 Å². The van der Waals surface area contributed by atoms with Gasteiger partial charge in [0, 0.05) is 12.3 Å². The number of fused-ring (bicyclic) bond motifs is 1. The molecule has 68 valence electrons. The topological polar surface area (TPSA) is 34.1 Å².